The number of hydrogen-bond donors (Lipinski definition) is 3. The Balaban J connectivity index is 1.99. The smallest absolute Gasteiger partial charge is 0.345 e. The van der Waals surface area contributed by atoms with Crippen molar-refractivity contribution in [3.63, 3.8) is 0 Å². The molecule has 2 aromatic rings. The number of amidine groups is 2. The van der Waals surface area contributed by atoms with Crippen LogP contribution in [0.5, 0.6) is 11.5 Å². The maximum atomic E-state index is 12.4. The lowest BCUT2D eigenvalue weighted by atomic mass is 9.82. The zero-order valence-corrected chi connectivity index (χ0v) is 23.3. The third kappa shape index (κ3) is 7.00. The minimum absolute atomic E-state index is 0.00122. The minimum atomic E-state index is -4.05. The summed E-state index contributed by atoms with van der Waals surface area (Å²) in [4.78, 5) is 18.5. The lowest BCUT2D eigenvalue weighted by molar-refractivity contribution is 0.0824. The van der Waals surface area contributed by atoms with Gasteiger partial charge in [0.2, 0.25) is 0 Å². The quantitative estimate of drug-likeness (QED) is 0.499. The van der Waals surface area contributed by atoms with Gasteiger partial charge in [-0.1, -0.05) is 39.0 Å². The van der Waals surface area contributed by atoms with Crippen molar-refractivity contribution in [2.75, 3.05) is 19.4 Å². The number of amides is 1. The Hall–Kier alpha value is -3.60. The van der Waals surface area contributed by atoms with Crippen LogP contribution in [0.4, 0.5) is 5.69 Å². The Morgan fingerprint density at radius 1 is 1.08 bits per heavy atom. The summed E-state index contributed by atoms with van der Waals surface area (Å²) < 4.78 is 36.8. The maximum Gasteiger partial charge on any atom is 0.345 e. The number of rotatable bonds is 5. The second kappa shape index (κ2) is 10.0. The summed E-state index contributed by atoms with van der Waals surface area (Å²) in [6.07, 6.45) is 0. The molecule has 0 fully saturated rings. The average Bonchev–Trinajstić information content (AvgIpc) is 3.04. The second-order valence-electron chi connectivity index (χ2n) is 11.1. The fourth-order valence-electron chi connectivity index (χ4n) is 3.68. The van der Waals surface area contributed by atoms with E-state index in [0.717, 1.165) is 5.56 Å². The van der Waals surface area contributed by atoms with E-state index in [0.29, 0.717) is 5.75 Å². The zero-order chi connectivity index (χ0) is 27.8. The molecule has 0 spiro atoms. The lowest BCUT2D eigenvalue weighted by Crippen LogP contribution is -2.32. The van der Waals surface area contributed by atoms with Gasteiger partial charge in [-0.05, 0) is 56.0 Å². The van der Waals surface area contributed by atoms with E-state index in [1.807, 2.05) is 65.8 Å². The van der Waals surface area contributed by atoms with Crippen LogP contribution in [0.25, 0.3) is 0 Å². The summed E-state index contributed by atoms with van der Waals surface area (Å²) in [6, 6.07) is 11.6. The van der Waals surface area contributed by atoms with Crippen molar-refractivity contribution >= 4 is 33.5 Å². The molecule has 11 heteroatoms. The van der Waals surface area contributed by atoms with Crippen LogP contribution >= 0.6 is 0 Å². The third-order valence-corrected chi connectivity index (χ3v) is 6.16. The Kier molecular flexibility index (Phi) is 7.59. The molecule has 1 aliphatic heterocycles. The zero-order valence-electron chi connectivity index (χ0n) is 22.4. The first kappa shape index (κ1) is 28.0. The van der Waals surface area contributed by atoms with E-state index in [1.165, 1.54) is 17.0 Å². The third-order valence-electron chi connectivity index (χ3n) is 5.29. The molecule has 37 heavy (non-hydrogen) atoms. The molecule has 2 aromatic carbocycles. The molecule has 3 rings (SSSR count). The first-order chi connectivity index (χ1) is 17.0. The van der Waals surface area contributed by atoms with Crippen LogP contribution in [-0.2, 0) is 10.2 Å². The number of anilines is 1. The molecule has 1 amide bonds. The Labute approximate surface area is 218 Å². The molecule has 1 unspecified atom stereocenters. The van der Waals surface area contributed by atoms with E-state index in [-0.39, 0.29) is 34.3 Å². The number of carbonyl (C=O) groups excluding carboxylic acids is 1. The van der Waals surface area contributed by atoms with Gasteiger partial charge in [0.05, 0.1) is 17.3 Å². The summed E-state index contributed by atoms with van der Waals surface area (Å²) in [5.41, 5.74) is 0.304. The van der Waals surface area contributed by atoms with Crippen LogP contribution in [0.1, 0.15) is 63.5 Å². The molecule has 10 nitrogen and oxygen atoms in total. The Morgan fingerprint density at radius 3 is 2.24 bits per heavy atom. The van der Waals surface area contributed by atoms with Crippen molar-refractivity contribution in [3.05, 3.63) is 53.6 Å². The molecule has 0 saturated heterocycles. The Bertz CT molecular complexity index is 1330. The summed E-state index contributed by atoms with van der Waals surface area (Å²) in [5.74, 6) is -0.106. The predicted molar refractivity (Wildman–Crippen MR) is 146 cm³/mol. The van der Waals surface area contributed by atoms with Gasteiger partial charge in [-0.25, -0.2) is 4.72 Å². The number of phenols is 1. The van der Waals surface area contributed by atoms with Crippen LogP contribution < -0.4 is 14.8 Å². The summed E-state index contributed by atoms with van der Waals surface area (Å²) in [6.45, 7) is 11.9. The van der Waals surface area contributed by atoms with Crippen molar-refractivity contribution in [3.8, 4) is 11.5 Å². The van der Waals surface area contributed by atoms with Crippen molar-refractivity contribution in [2.45, 2.75) is 53.2 Å². The van der Waals surface area contributed by atoms with Gasteiger partial charge in [0.1, 0.15) is 11.4 Å². The van der Waals surface area contributed by atoms with Crippen molar-refractivity contribution in [2.24, 2.45) is 14.8 Å². The number of ether oxygens (including phenoxy) is 1. The summed E-state index contributed by atoms with van der Waals surface area (Å²) in [5, 5.41) is 13.5. The largest absolute Gasteiger partial charge is 0.505 e. The van der Waals surface area contributed by atoms with Crippen LogP contribution in [-0.4, -0.2) is 55.7 Å². The second-order valence-corrected chi connectivity index (χ2v) is 12.4. The molecule has 3 N–H and O–H groups in total. The fraction of sp³-hybridized carbons (Fsp3) is 0.423. The number of nitrogens with one attached hydrogen (secondary N) is 2. The molecule has 0 aliphatic carbocycles. The standard InChI is InChI=1S/C26H35N5O5S/c1-25(2,3)21(16-12-14-17(15-13-16)36-26(4,5)6)28-23-22(29-37(34,35)30-23)27-19-11-9-10-18(20(19)32)24(33)31(7)8/h9-15,21,32H,1-8H3,(H,27,29)(H,28,30). The first-order valence-corrected chi connectivity index (χ1v) is 13.2. The van der Waals surface area contributed by atoms with E-state index in [2.05, 4.69) is 14.4 Å². The maximum absolute atomic E-state index is 12.4. The number of aromatic hydroxyl groups is 1. The SMILES string of the molecule is CN(C)C(=O)c1cccc(NC2=NS(=O)(=O)NC2=NC(c2ccc(OC(C)(C)C)cc2)C(C)(C)C)c1O. The van der Waals surface area contributed by atoms with E-state index in [1.54, 1.807) is 20.2 Å². The molecule has 0 aromatic heterocycles. The molecule has 1 heterocycles. The Morgan fingerprint density at radius 2 is 1.70 bits per heavy atom. The molecule has 200 valence electrons. The van der Waals surface area contributed by atoms with Gasteiger partial charge < -0.3 is 20.1 Å². The van der Waals surface area contributed by atoms with Gasteiger partial charge in [0.15, 0.2) is 17.4 Å². The topological polar surface area (TPSA) is 133 Å². The molecular formula is C26H35N5O5S. The van der Waals surface area contributed by atoms with Crippen LogP contribution in [0, 0.1) is 5.41 Å². The van der Waals surface area contributed by atoms with Crippen molar-refractivity contribution < 1.29 is 23.1 Å². The van der Waals surface area contributed by atoms with E-state index in [9.17, 15) is 18.3 Å². The summed E-state index contributed by atoms with van der Waals surface area (Å²) >= 11 is 0. The number of aliphatic imine (C=N–C) groups is 1. The molecule has 1 atom stereocenters. The van der Waals surface area contributed by atoms with Gasteiger partial charge in [-0.15, -0.1) is 4.40 Å². The van der Waals surface area contributed by atoms with Gasteiger partial charge >= 0.3 is 10.2 Å². The summed E-state index contributed by atoms with van der Waals surface area (Å²) in [7, 11) is -0.914. The monoisotopic (exact) mass is 529 g/mol. The van der Waals surface area contributed by atoms with Gasteiger partial charge in [-0.2, -0.15) is 8.42 Å². The number of hydrogen-bond acceptors (Lipinski definition) is 7. The molecule has 0 bridgehead atoms. The first-order valence-electron chi connectivity index (χ1n) is 11.8. The van der Waals surface area contributed by atoms with Gasteiger partial charge in [-0.3, -0.25) is 9.79 Å². The molecule has 1 aliphatic rings. The highest BCUT2D eigenvalue weighted by Crippen LogP contribution is 2.38. The van der Waals surface area contributed by atoms with E-state index >= 15 is 0 Å². The van der Waals surface area contributed by atoms with E-state index < -0.39 is 27.6 Å². The number of carbonyl (C=O) groups is 1. The van der Waals surface area contributed by atoms with Crippen molar-refractivity contribution in [1.82, 2.24) is 9.62 Å². The highest BCUT2D eigenvalue weighted by atomic mass is 32.2. The number of para-hydroxylation sites is 1. The molecular weight excluding hydrogens is 494 g/mol. The number of phenolic OH excluding ortho intramolecular Hbond substituents is 1. The van der Waals surface area contributed by atoms with Crippen LogP contribution in [0.3, 0.4) is 0 Å². The molecule has 0 saturated carbocycles. The predicted octanol–water partition coefficient (Wildman–Crippen LogP) is 4.12. The minimum Gasteiger partial charge on any atom is -0.505 e. The fourth-order valence-corrected chi connectivity index (χ4v) is 4.49. The van der Waals surface area contributed by atoms with Gasteiger partial charge in [0.25, 0.3) is 5.91 Å². The highest BCUT2D eigenvalue weighted by molar-refractivity contribution is 7.89. The highest BCUT2D eigenvalue weighted by Gasteiger charge is 2.32. The molecule has 0 radical (unpaired) electrons. The average molecular weight is 530 g/mol. The van der Waals surface area contributed by atoms with Gasteiger partial charge in [0, 0.05) is 14.1 Å². The van der Waals surface area contributed by atoms with Crippen molar-refractivity contribution in [1.29, 1.82) is 0 Å². The number of nitrogens with zero attached hydrogens (tertiary/aromatic N) is 3. The van der Waals surface area contributed by atoms with Crippen LogP contribution in [0.2, 0.25) is 0 Å². The normalized spacial score (nSPS) is 17.1. The lowest BCUT2D eigenvalue weighted by Gasteiger charge is -2.29. The number of benzene rings is 2. The van der Waals surface area contributed by atoms with E-state index in [4.69, 9.17) is 9.73 Å². The van der Waals surface area contributed by atoms with Crippen LogP contribution in [0.15, 0.2) is 51.9 Å².